The highest BCUT2D eigenvalue weighted by atomic mass is 32.2. The van der Waals surface area contributed by atoms with E-state index < -0.39 is 6.10 Å². The van der Waals surface area contributed by atoms with Crippen molar-refractivity contribution in [3.63, 3.8) is 0 Å². The van der Waals surface area contributed by atoms with Crippen molar-refractivity contribution >= 4 is 23.4 Å². The minimum absolute atomic E-state index is 0.316. The lowest BCUT2D eigenvalue weighted by atomic mass is 10.2. The van der Waals surface area contributed by atoms with Gasteiger partial charge in [-0.25, -0.2) is 15.0 Å². The van der Waals surface area contributed by atoms with Gasteiger partial charge in [0.1, 0.15) is 16.7 Å². The lowest BCUT2D eigenvalue weighted by Gasteiger charge is -2.06. The molecule has 0 bridgehead atoms. The smallest absolute Gasteiger partial charge is 0.197 e. The third-order valence-corrected chi connectivity index (χ3v) is 2.98. The molecule has 0 aliphatic heterocycles. The number of anilines is 2. The monoisotopic (exact) mass is 263 g/mol. The van der Waals surface area contributed by atoms with Crippen molar-refractivity contribution in [2.45, 2.75) is 23.2 Å². The molecule has 0 fully saturated rings. The molecule has 94 valence electrons. The molecule has 2 heterocycles. The van der Waals surface area contributed by atoms with Gasteiger partial charge in [-0.2, -0.15) is 0 Å². The summed E-state index contributed by atoms with van der Waals surface area (Å²) in [6.07, 6.45) is 1.08. The Morgan fingerprint density at radius 1 is 1.22 bits per heavy atom. The first-order chi connectivity index (χ1) is 8.54. The van der Waals surface area contributed by atoms with Crippen molar-refractivity contribution in [1.82, 2.24) is 15.0 Å². The maximum Gasteiger partial charge on any atom is 0.197 e. The molecular weight excluding hydrogens is 250 g/mol. The van der Waals surface area contributed by atoms with E-state index in [9.17, 15) is 5.11 Å². The van der Waals surface area contributed by atoms with Gasteiger partial charge in [0.15, 0.2) is 5.16 Å². The van der Waals surface area contributed by atoms with Crippen molar-refractivity contribution in [3.05, 3.63) is 30.0 Å². The number of hydrogen-bond donors (Lipinski definition) is 3. The predicted octanol–water partition coefficient (Wildman–Crippen LogP) is 1.24. The Morgan fingerprint density at radius 3 is 2.50 bits per heavy atom. The zero-order chi connectivity index (χ0) is 13.1. The van der Waals surface area contributed by atoms with Gasteiger partial charge in [0, 0.05) is 12.3 Å². The summed E-state index contributed by atoms with van der Waals surface area (Å²) >= 11 is 1.24. The van der Waals surface area contributed by atoms with Crippen LogP contribution >= 0.6 is 11.8 Å². The van der Waals surface area contributed by atoms with Crippen LogP contribution < -0.4 is 11.5 Å². The lowest BCUT2D eigenvalue weighted by molar-refractivity contribution is 0.199. The summed E-state index contributed by atoms with van der Waals surface area (Å²) in [5, 5.41) is 10.6. The molecule has 0 spiro atoms. The Labute approximate surface area is 108 Å². The van der Waals surface area contributed by atoms with Crippen LogP contribution in [0.4, 0.5) is 11.6 Å². The molecule has 0 saturated carbocycles. The number of nitrogens with zero attached hydrogens (tertiary/aromatic N) is 3. The van der Waals surface area contributed by atoms with Crippen LogP contribution in [0.3, 0.4) is 0 Å². The molecule has 18 heavy (non-hydrogen) atoms. The van der Waals surface area contributed by atoms with E-state index in [0.29, 0.717) is 21.8 Å². The molecule has 5 N–H and O–H groups in total. The zero-order valence-electron chi connectivity index (χ0n) is 9.74. The number of aliphatic hydroxyl groups is 1. The van der Waals surface area contributed by atoms with E-state index in [4.69, 9.17) is 11.5 Å². The molecule has 6 nitrogen and oxygen atoms in total. The van der Waals surface area contributed by atoms with E-state index in [2.05, 4.69) is 15.0 Å². The summed E-state index contributed by atoms with van der Waals surface area (Å²) < 4.78 is 0. The Hall–Kier alpha value is -1.86. The average Bonchev–Trinajstić information content (AvgIpc) is 2.27. The summed E-state index contributed by atoms with van der Waals surface area (Å²) in [7, 11) is 0. The van der Waals surface area contributed by atoms with Crippen LogP contribution in [0, 0.1) is 0 Å². The van der Waals surface area contributed by atoms with Crippen LogP contribution in [0.2, 0.25) is 0 Å². The van der Waals surface area contributed by atoms with Crippen LogP contribution in [0.15, 0.2) is 34.6 Å². The van der Waals surface area contributed by atoms with Crippen molar-refractivity contribution < 1.29 is 5.11 Å². The molecule has 2 aromatic rings. The third-order valence-electron chi connectivity index (χ3n) is 2.18. The summed E-state index contributed by atoms with van der Waals surface area (Å²) in [6, 6.07) is 5.02. The normalized spacial score (nSPS) is 12.3. The molecule has 0 aliphatic rings. The maximum atomic E-state index is 9.49. The standard InChI is InChI=1S/C11H13N5OS/c1-6(17)7-2-3-14-10(4-7)18-11-15-8(12)5-9(13)16-11/h2-6,17H,1H3,(H4,12,13,15,16). The number of rotatable bonds is 3. The largest absolute Gasteiger partial charge is 0.389 e. The second-order valence-electron chi connectivity index (χ2n) is 3.71. The van der Waals surface area contributed by atoms with Gasteiger partial charge in [-0.15, -0.1) is 0 Å². The Balaban J connectivity index is 2.25. The molecule has 0 aromatic carbocycles. The number of aromatic nitrogens is 3. The molecule has 0 amide bonds. The molecule has 7 heteroatoms. The topological polar surface area (TPSA) is 111 Å². The fourth-order valence-electron chi connectivity index (χ4n) is 1.34. The van der Waals surface area contributed by atoms with Crippen LogP contribution in [0.5, 0.6) is 0 Å². The van der Waals surface area contributed by atoms with E-state index in [-0.39, 0.29) is 0 Å². The third kappa shape index (κ3) is 3.08. The Morgan fingerprint density at radius 2 is 1.89 bits per heavy atom. The summed E-state index contributed by atoms with van der Waals surface area (Å²) in [5.41, 5.74) is 12.0. The van der Waals surface area contributed by atoms with E-state index in [0.717, 1.165) is 5.56 Å². The molecule has 0 saturated heterocycles. The highest BCUT2D eigenvalue weighted by Crippen LogP contribution is 2.26. The Bertz CT molecular complexity index is 541. The van der Waals surface area contributed by atoms with Gasteiger partial charge in [-0.05, 0) is 36.4 Å². The first-order valence-corrected chi connectivity index (χ1v) is 6.08. The zero-order valence-corrected chi connectivity index (χ0v) is 10.6. The van der Waals surface area contributed by atoms with Crippen molar-refractivity contribution in [3.8, 4) is 0 Å². The highest BCUT2D eigenvalue weighted by molar-refractivity contribution is 7.99. The molecule has 2 rings (SSSR count). The van der Waals surface area contributed by atoms with Gasteiger partial charge in [-0.3, -0.25) is 0 Å². The number of hydrogen-bond acceptors (Lipinski definition) is 7. The van der Waals surface area contributed by atoms with E-state index in [1.54, 1.807) is 25.3 Å². The second-order valence-corrected chi connectivity index (χ2v) is 4.69. The predicted molar refractivity (Wildman–Crippen MR) is 69.9 cm³/mol. The Kier molecular flexibility index (Phi) is 3.63. The summed E-state index contributed by atoms with van der Waals surface area (Å²) in [4.78, 5) is 12.3. The van der Waals surface area contributed by atoms with Gasteiger partial charge in [-0.1, -0.05) is 0 Å². The molecule has 2 aromatic heterocycles. The first-order valence-electron chi connectivity index (χ1n) is 5.26. The number of nitrogens with two attached hydrogens (primary N) is 2. The van der Waals surface area contributed by atoms with Crippen LogP contribution in [-0.4, -0.2) is 20.1 Å². The number of nitrogen functional groups attached to an aromatic ring is 2. The molecule has 0 radical (unpaired) electrons. The first kappa shape index (κ1) is 12.6. The minimum atomic E-state index is -0.542. The maximum absolute atomic E-state index is 9.49. The molecule has 0 aliphatic carbocycles. The van der Waals surface area contributed by atoms with Gasteiger partial charge in [0.2, 0.25) is 0 Å². The molecule has 1 unspecified atom stereocenters. The lowest BCUT2D eigenvalue weighted by Crippen LogP contribution is -1.99. The highest BCUT2D eigenvalue weighted by Gasteiger charge is 2.07. The van der Waals surface area contributed by atoms with Crippen molar-refractivity contribution in [1.29, 1.82) is 0 Å². The van der Waals surface area contributed by atoms with Crippen LogP contribution in [0.1, 0.15) is 18.6 Å². The fourth-order valence-corrected chi connectivity index (χ4v) is 2.14. The van der Waals surface area contributed by atoms with E-state index in [1.807, 2.05) is 0 Å². The molecule has 1 atom stereocenters. The second kappa shape index (κ2) is 5.19. The molecular formula is C11H13N5OS. The van der Waals surface area contributed by atoms with Crippen molar-refractivity contribution in [2.75, 3.05) is 11.5 Å². The number of aliphatic hydroxyl groups excluding tert-OH is 1. The van der Waals surface area contributed by atoms with E-state index in [1.165, 1.54) is 17.8 Å². The summed E-state index contributed by atoms with van der Waals surface area (Å²) in [6.45, 7) is 1.69. The minimum Gasteiger partial charge on any atom is -0.389 e. The van der Waals surface area contributed by atoms with Gasteiger partial charge in [0.05, 0.1) is 6.10 Å². The van der Waals surface area contributed by atoms with Crippen LogP contribution in [-0.2, 0) is 0 Å². The van der Waals surface area contributed by atoms with E-state index >= 15 is 0 Å². The van der Waals surface area contributed by atoms with Gasteiger partial charge < -0.3 is 16.6 Å². The number of pyridine rings is 1. The van der Waals surface area contributed by atoms with Crippen molar-refractivity contribution in [2.24, 2.45) is 0 Å². The van der Waals surface area contributed by atoms with Gasteiger partial charge >= 0.3 is 0 Å². The average molecular weight is 263 g/mol. The van der Waals surface area contributed by atoms with Gasteiger partial charge in [0.25, 0.3) is 0 Å². The van der Waals surface area contributed by atoms with Crippen LogP contribution in [0.25, 0.3) is 0 Å². The summed E-state index contributed by atoms with van der Waals surface area (Å²) in [5.74, 6) is 0.633. The SMILES string of the molecule is CC(O)c1ccnc(Sc2nc(N)cc(N)n2)c1. The quantitative estimate of drug-likeness (QED) is 0.714. The fraction of sp³-hybridized carbons (Fsp3) is 0.182.